The van der Waals surface area contributed by atoms with Crippen LogP contribution in [0, 0.1) is 0 Å². The average molecular weight is 374 g/mol. The van der Waals surface area contributed by atoms with E-state index in [9.17, 15) is 8.78 Å². The summed E-state index contributed by atoms with van der Waals surface area (Å²) >= 11 is 1.47. The molecule has 0 saturated carbocycles. The zero-order valence-electron chi connectivity index (χ0n) is 9.31. The fraction of sp³-hybridized carbons (Fsp3) is 0.300. The summed E-state index contributed by atoms with van der Waals surface area (Å²) in [5.41, 5.74) is 0.681. The molecule has 1 rings (SSSR count). The second kappa shape index (κ2) is 8.51. The zero-order chi connectivity index (χ0) is 12.0. The number of ether oxygens (including phenoxy) is 1. The molecule has 96 valence electrons. The maximum Gasteiger partial charge on any atom is 0.387 e. The highest BCUT2D eigenvalue weighted by Crippen LogP contribution is 2.20. The van der Waals surface area contributed by atoms with E-state index in [1.54, 1.807) is 19.2 Å². The van der Waals surface area contributed by atoms with Gasteiger partial charge in [0.15, 0.2) is 5.17 Å². The molecular weight excluding hydrogens is 361 g/mol. The molecule has 0 radical (unpaired) electrons. The van der Waals surface area contributed by atoms with Gasteiger partial charge in [-0.25, -0.2) is 4.99 Å². The van der Waals surface area contributed by atoms with Crippen LogP contribution < -0.4 is 10.1 Å². The van der Waals surface area contributed by atoms with Crippen LogP contribution in [0.4, 0.5) is 14.5 Å². The molecule has 0 fully saturated rings. The summed E-state index contributed by atoms with van der Waals surface area (Å²) in [6.07, 6.45) is 1.89. The van der Waals surface area contributed by atoms with Gasteiger partial charge in [0, 0.05) is 7.05 Å². The molecule has 0 aromatic heterocycles. The number of benzene rings is 1. The Labute approximate surface area is 120 Å². The van der Waals surface area contributed by atoms with Crippen molar-refractivity contribution in [2.45, 2.75) is 6.61 Å². The van der Waals surface area contributed by atoms with Crippen LogP contribution in [0.15, 0.2) is 29.3 Å². The summed E-state index contributed by atoms with van der Waals surface area (Å²) in [5, 5.41) is 3.66. The first-order valence-corrected chi connectivity index (χ1v) is 5.73. The topological polar surface area (TPSA) is 33.6 Å². The van der Waals surface area contributed by atoms with E-state index in [-0.39, 0.29) is 29.7 Å². The summed E-state index contributed by atoms with van der Waals surface area (Å²) in [6, 6.07) is 6.15. The standard InChI is InChI=1S/C10H12F2N2OS.HI/c1-13-10(16-2)14-7-3-5-8(6-4-7)15-9(11)12;/h3-6,9H,1-2H3,(H,13,14);1H. The minimum atomic E-state index is -2.80. The molecule has 0 atom stereocenters. The predicted octanol–water partition coefficient (Wildman–Crippen LogP) is 3.48. The van der Waals surface area contributed by atoms with Gasteiger partial charge >= 0.3 is 6.61 Å². The lowest BCUT2D eigenvalue weighted by Gasteiger charge is -2.04. The first-order valence-electron chi connectivity index (χ1n) is 4.51. The van der Waals surface area contributed by atoms with Crippen molar-refractivity contribution in [3.8, 4) is 5.75 Å². The molecule has 1 aromatic carbocycles. The molecule has 3 nitrogen and oxygen atoms in total. The molecule has 0 heterocycles. The second-order valence-corrected chi connectivity index (χ2v) is 3.54. The minimum absolute atomic E-state index is 0. The Bertz CT molecular complexity index is 354. The molecule has 1 aromatic rings. The van der Waals surface area contributed by atoms with Crippen LogP contribution in [0.1, 0.15) is 0 Å². The highest BCUT2D eigenvalue weighted by molar-refractivity contribution is 14.0. The number of nitrogens with one attached hydrogen (secondary N) is 1. The molecular formula is C10H13F2IN2OS. The van der Waals surface area contributed by atoms with Crippen LogP contribution in [0.2, 0.25) is 0 Å². The van der Waals surface area contributed by atoms with Crippen LogP contribution in [0.5, 0.6) is 5.75 Å². The Kier molecular flexibility index (Phi) is 8.23. The molecule has 17 heavy (non-hydrogen) atoms. The normalized spacial score (nSPS) is 11.0. The Morgan fingerprint density at radius 1 is 1.35 bits per heavy atom. The van der Waals surface area contributed by atoms with Crippen LogP contribution in [0.3, 0.4) is 0 Å². The number of hydrogen-bond donors (Lipinski definition) is 1. The van der Waals surface area contributed by atoms with E-state index in [1.165, 1.54) is 23.9 Å². The van der Waals surface area contributed by atoms with Crippen LogP contribution >= 0.6 is 35.7 Å². The van der Waals surface area contributed by atoms with E-state index in [4.69, 9.17) is 0 Å². The molecule has 0 bridgehead atoms. The molecule has 0 aliphatic carbocycles. The fourth-order valence-corrected chi connectivity index (χ4v) is 1.42. The first-order chi connectivity index (χ1) is 7.65. The van der Waals surface area contributed by atoms with Gasteiger partial charge in [-0.05, 0) is 30.5 Å². The van der Waals surface area contributed by atoms with Gasteiger partial charge in [-0.15, -0.1) is 24.0 Å². The van der Waals surface area contributed by atoms with E-state index < -0.39 is 6.61 Å². The third kappa shape index (κ3) is 6.06. The predicted molar refractivity (Wildman–Crippen MR) is 78.2 cm³/mol. The molecule has 1 N–H and O–H groups in total. The number of hydrogen-bond acceptors (Lipinski definition) is 3. The Morgan fingerprint density at radius 2 is 1.94 bits per heavy atom. The molecule has 0 aliphatic rings. The smallest absolute Gasteiger partial charge is 0.387 e. The number of amidine groups is 1. The Hall–Kier alpha value is -0.570. The summed E-state index contributed by atoms with van der Waals surface area (Å²) < 4.78 is 28.0. The summed E-state index contributed by atoms with van der Waals surface area (Å²) in [7, 11) is 1.77. The van der Waals surface area contributed by atoms with Gasteiger partial charge in [0.25, 0.3) is 0 Å². The third-order valence-corrected chi connectivity index (χ3v) is 2.38. The van der Waals surface area contributed by atoms with Crippen molar-refractivity contribution in [1.29, 1.82) is 0 Å². The lowest BCUT2D eigenvalue weighted by Crippen LogP contribution is -2.12. The van der Waals surface area contributed by atoms with Crippen molar-refractivity contribution in [1.82, 2.24) is 5.32 Å². The van der Waals surface area contributed by atoms with Crippen molar-refractivity contribution >= 4 is 46.6 Å². The van der Waals surface area contributed by atoms with Crippen LogP contribution in [-0.4, -0.2) is 25.1 Å². The molecule has 0 aliphatic heterocycles. The minimum Gasteiger partial charge on any atom is -0.435 e. The SMILES string of the molecule is CN/C(=N/c1ccc(OC(F)F)cc1)SC.I. The lowest BCUT2D eigenvalue weighted by molar-refractivity contribution is -0.0498. The Balaban J connectivity index is 0.00000256. The highest BCUT2D eigenvalue weighted by Gasteiger charge is 2.03. The van der Waals surface area contributed by atoms with Crippen molar-refractivity contribution < 1.29 is 13.5 Å². The van der Waals surface area contributed by atoms with Gasteiger partial charge in [-0.2, -0.15) is 8.78 Å². The zero-order valence-corrected chi connectivity index (χ0v) is 12.5. The molecule has 7 heteroatoms. The lowest BCUT2D eigenvalue weighted by atomic mass is 10.3. The summed E-state index contributed by atoms with van der Waals surface area (Å²) in [4.78, 5) is 4.24. The molecule has 0 unspecified atom stereocenters. The van der Waals surface area contributed by atoms with Crippen molar-refractivity contribution in [2.24, 2.45) is 4.99 Å². The van der Waals surface area contributed by atoms with Gasteiger partial charge < -0.3 is 10.1 Å². The number of rotatable bonds is 3. The monoisotopic (exact) mass is 374 g/mol. The number of halogens is 3. The molecule has 0 amide bonds. The second-order valence-electron chi connectivity index (χ2n) is 2.74. The number of nitrogens with zero attached hydrogens (tertiary/aromatic N) is 1. The van der Waals surface area contributed by atoms with Gasteiger partial charge in [0.1, 0.15) is 5.75 Å². The number of aliphatic imine (C=N–C) groups is 1. The Morgan fingerprint density at radius 3 is 2.35 bits per heavy atom. The van der Waals surface area contributed by atoms with E-state index in [0.717, 1.165) is 5.17 Å². The summed E-state index contributed by atoms with van der Waals surface area (Å²) in [6.45, 7) is -2.80. The first kappa shape index (κ1) is 16.4. The van der Waals surface area contributed by atoms with Crippen molar-refractivity contribution in [2.75, 3.05) is 13.3 Å². The average Bonchev–Trinajstić information content (AvgIpc) is 2.27. The quantitative estimate of drug-likeness (QED) is 0.500. The number of thioether (sulfide) groups is 1. The molecule has 0 spiro atoms. The van der Waals surface area contributed by atoms with E-state index in [0.29, 0.717) is 5.69 Å². The largest absolute Gasteiger partial charge is 0.435 e. The van der Waals surface area contributed by atoms with Crippen molar-refractivity contribution in [3.05, 3.63) is 24.3 Å². The van der Waals surface area contributed by atoms with E-state index >= 15 is 0 Å². The van der Waals surface area contributed by atoms with Gasteiger partial charge in [-0.3, -0.25) is 0 Å². The van der Waals surface area contributed by atoms with E-state index in [1.807, 2.05) is 6.26 Å². The summed E-state index contributed by atoms with van der Waals surface area (Å²) in [5.74, 6) is 0.129. The van der Waals surface area contributed by atoms with Crippen molar-refractivity contribution in [3.63, 3.8) is 0 Å². The number of alkyl halides is 2. The van der Waals surface area contributed by atoms with E-state index in [2.05, 4.69) is 15.0 Å². The van der Waals surface area contributed by atoms with Gasteiger partial charge in [-0.1, -0.05) is 11.8 Å². The maximum atomic E-state index is 11.9. The maximum absolute atomic E-state index is 11.9. The van der Waals surface area contributed by atoms with Gasteiger partial charge in [0.05, 0.1) is 5.69 Å². The van der Waals surface area contributed by atoms with Crippen LogP contribution in [-0.2, 0) is 0 Å². The fourth-order valence-electron chi connectivity index (χ4n) is 1.02. The highest BCUT2D eigenvalue weighted by atomic mass is 127. The molecule has 0 saturated heterocycles. The third-order valence-electron chi connectivity index (χ3n) is 1.70. The van der Waals surface area contributed by atoms with Gasteiger partial charge in [0.2, 0.25) is 0 Å². The van der Waals surface area contributed by atoms with Crippen LogP contribution in [0.25, 0.3) is 0 Å².